The van der Waals surface area contributed by atoms with Crippen LogP contribution in [0.4, 0.5) is 5.82 Å². The summed E-state index contributed by atoms with van der Waals surface area (Å²) in [5.41, 5.74) is 13.4. The van der Waals surface area contributed by atoms with E-state index in [1.165, 1.54) is 4.68 Å². The Kier molecular flexibility index (Phi) is 6.46. The molecule has 0 bridgehead atoms. The number of amides is 1. The van der Waals surface area contributed by atoms with Gasteiger partial charge < -0.3 is 16.5 Å². The zero-order chi connectivity index (χ0) is 21.7. The monoisotopic (exact) mass is 406 g/mol. The molecule has 0 aliphatic heterocycles. The van der Waals surface area contributed by atoms with Gasteiger partial charge in [0.15, 0.2) is 0 Å². The molecular formula is C22H26N6O2. The largest absolute Gasteiger partial charge is 0.384 e. The number of hydrogen-bond acceptors (Lipinski definition) is 6. The predicted molar refractivity (Wildman–Crippen MR) is 116 cm³/mol. The molecule has 0 aliphatic carbocycles. The molecule has 0 atom stereocenters. The normalized spacial score (nSPS) is 10.6. The summed E-state index contributed by atoms with van der Waals surface area (Å²) in [5.74, 6) is 0.232. The van der Waals surface area contributed by atoms with E-state index in [4.69, 9.17) is 5.73 Å². The summed E-state index contributed by atoms with van der Waals surface area (Å²) in [4.78, 5) is 33.7. The molecule has 0 saturated heterocycles. The zero-order valence-electron chi connectivity index (χ0n) is 17.4. The molecule has 4 N–H and O–H groups in total. The molecule has 0 aromatic carbocycles. The second kappa shape index (κ2) is 9.21. The maximum Gasteiger partial charge on any atom is 0.272 e. The summed E-state index contributed by atoms with van der Waals surface area (Å²) in [6.07, 6.45) is 5.10. The van der Waals surface area contributed by atoms with Gasteiger partial charge >= 0.3 is 0 Å². The van der Waals surface area contributed by atoms with E-state index in [0.29, 0.717) is 24.5 Å². The number of nitrogens with one attached hydrogen (secondary N) is 2. The lowest BCUT2D eigenvalue weighted by Crippen LogP contribution is -2.34. The smallest absolute Gasteiger partial charge is 0.272 e. The molecule has 0 unspecified atom stereocenters. The van der Waals surface area contributed by atoms with Gasteiger partial charge in [-0.2, -0.15) is 0 Å². The van der Waals surface area contributed by atoms with E-state index in [1.807, 2.05) is 39.0 Å². The molecule has 0 spiro atoms. The van der Waals surface area contributed by atoms with Crippen LogP contribution < -0.4 is 22.0 Å². The first kappa shape index (κ1) is 21.0. The molecule has 0 saturated carbocycles. The topological polar surface area (TPSA) is 115 Å². The van der Waals surface area contributed by atoms with Crippen LogP contribution in [0, 0.1) is 20.8 Å². The van der Waals surface area contributed by atoms with Crippen molar-refractivity contribution in [1.29, 1.82) is 0 Å². The lowest BCUT2D eigenvalue weighted by molar-refractivity contribution is -0.120. The second-order valence-corrected chi connectivity index (χ2v) is 7.23. The third-order valence-corrected chi connectivity index (χ3v) is 4.98. The van der Waals surface area contributed by atoms with Crippen molar-refractivity contribution >= 4 is 11.7 Å². The molecule has 3 aromatic heterocycles. The van der Waals surface area contributed by atoms with Gasteiger partial charge in [0.1, 0.15) is 5.82 Å². The van der Waals surface area contributed by atoms with E-state index in [0.717, 1.165) is 27.9 Å². The van der Waals surface area contributed by atoms with Crippen molar-refractivity contribution in [3.05, 3.63) is 86.7 Å². The van der Waals surface area contributed by atoms with Crippen molar-refractivity contribution in [3.8, 4) is 0 Å². The third kappa shape index (κ3) is 5.02. The van der Waals surface area contributed by atoms with Crippen molar-refractivity contribution in [2.24, 2.45) is 0 Å². The summed E-state index contributed by atoms with van der Waals surface area (Å²) in [6.45, 7) is 6.40. The maximum absolute atomic E-state index is 12.8. The van der Waals surface area contributed by atoms with E-state index in [1.54, 1.807) is 24.7 Å². The molecule has 3 heterocycles. The molecule has 3 aromatic rings. The molecule has 8 nitrogen and oxygen atoms in total. The van der Waals surface area contributed by atoms with Gasteiger partial charge in [0, 0.05) is 36.4 Å². The molecule has 156 valence electrons. The minimum Gasteiger partial charge on any atom is -0.384 e. The van der Waals surface area contributed by atoms with Crippen LogP contribution in [-0.2, 0) is 24.3 Å². The molecule has 0 aliphatic rings. The van der Waals surface area contributed by atoms with E-state index >= 15 is 0 Å². The van der Waals surface area contributed by atoms with E-state index < -0.39 is 0 Å². The number of nitrogens with zero attached hydrogens (tertiary/aromatic N) is 3. The highest BCUT2D eigenvalue weighted by Crippen LogP contribution is 2.14. The number of anilines is 1. The van der Waals surface area contributed by atoms with Crippen LogP contribution in [0.2, 0.25) is 0 Å². The first-order chi connectivity index (χ1) is 14.3. The highest BCUT2D eigenvalue weighted by Gasteiger charge is 2.13. The van der Waals surface area contributed by atoms with Crippen molar-refractivity contribution < 1.29 is 4.79 Å². The fraction of sp³-hybridized carbons (Fsp3) is 0.273. The summed E-state index contributed by atoms with van der Waals surface area (Å²) in [7, 11) is 0. The van der Waals surface area contributed by atoms with Crippen molar-refractivity contribution in [3.63, 3.8) is 0 Å². The Bertz CT molecular complexity index is 1090. The molecule has 30 heavy (non-hydrogen) atoms. The summed E-state index contributed by atoms with van der Waals surface area (Å²) in [6, 6.07) is 7.36. The van der Waals surface area contributed by atoms with Gasteiger partial charge in [0.05, 0.1) is 13.0 Å². The zero-order valence-corrected chi connectivity index (χ0v) is 17.4. The first-order valence-electron chi connectivity index (χ1n) is 9.68. The molecule has 0 radical (unpaired) electrons. The van der Waals surface area contributed by atoms with Crippen LogP contribution in [0.3, 0.4) is 0 Å². The Morgan fingerprint density at radius 1 is 1.13 bits per heavy atom. The third-order valence-electron chi connectivity index (χ3n) is 4.98. The van der Waals surface area contributed by atoms with E-state index in [9.17, 15) is 9.59 Å². The Morgan fingerprint density at radius 2 is 1.93 bits per heavy atom. The number of nitrogen functional groups attached to an aromatic ring is 1. The average Bonchev–Trinajstić information content (AvgIpc) is 2.70. The van der Waals surface area contributed by atoms with Gasteiger partial charge in [-0.05, 0) is 61.2 Å². The highest BCUT2D eigenvalue weighted by atomic mass is 16.2. The number of pyridine rings is 3. The van der Waals surface area contributed by atoms with Crippen molar-refractivity contribution in [2.75, 3.05) is 11.2 Å². The SMILES string of the molecule is Cc1cc(N)nc(C)c1CNC(=O)Cc1c(C)ccn(NCc2cccnc2)c1=O. The lowest BCUT2D eigenvalue weighted by atomic mass is 10.1. The van der Waals surface area contributed by atoms with Gasteiger partial charge in [-0.25, -0.2) is 9.66 Å². The Hall–Kier alpha value is -3.68. The fourth-order valence-electron chi connectivity index (χ4n) is 3.25. The Labute approximate surface area is 175 Å². The number of aryl methyl sites for hydroxylation is 3. The minimum atomic E-state index is -0.240. The number of hydrogen-bond donors (Lipinski definition) is 3. The van der Waals surface area contributed by atoms with Crippen LogP contribution in [-0.4, -0.2) is 20.6 Å². The number of carbonyl (C=O) groups excluding carboxylic acids is 1. The number of rotatable bonds is 7. The van der Waals surface area contributed by atoms with Gasteiger partial charge in [0.25, 0.3) is 5.56 Å². The van der Waals surface area contributed by atoms with Gasteiger partial charge in [-0.1, -0.05) is 6.07 Å². The lowest BCUT2D eigenvalue weighted by Gasteiger charge is -2.14. The highest BCUT2D eigenvalue weighted by molar-refractivity contribution is 5.78. The van der Waals surface area contributed by atoms with Gasteiger partial charge in [0.2, 0.25) is 5.91 Å². The van der Waals surface area contributed by atoms with Crippen molar-refractivity contribution in [2.45, 2.75) is 40.3 Å². The van der Waals surface area contributed by atoms with Crippen LogP contribution in [0.25, 0.3) is 0 Å². The summed E-state index contributed by atoms with van der Waals surface area (Å²) in [5, 5.41) is 2.88. The van der Waals surface area contributed by atoms with E-state index in [2.05, 4.69) is 20.7 Å². The average molecular weight is 406 g/mol. The number of aromatic nitrogens is 3. The fourth-order valence-corrected chi connectivity index (χ4v) is 3.25. The Morgan fingerprint density at radius 3 is 2.63 bits per heavy atom. The summed E-state index contributed by atoms with van der Waals surface area (Å²) >= 11 is 0. The van der Waals surface area contributed by atoms with Gasteiger partial charge in [-0.15, -0.1) is 0 Å². The van der Waals surface area contributed by atoms with Crippen LogP contribution in [0.1, 0.15) is 33.5 Å². The molecule has 0 fully saturated rings. The number of nitrogens with two attached hydrogens (primary N) is 1. The van der Waals surface area contributed by atoms with Crippen LogP contribution >= 0.6 is 0 Å². The van der Waals surface area contributed by atoms with Gasteiger partial charge in [-0.3, -0.25) is 14.6 Å². The first-order valence-corrected chi connectivity index (χ1v) is 9.68. The molecule has 3 rings (SSSR count). The van der Waals surface area contributed by atoms with Crippen molar-refractivity contribution in [1.82, 2.24) is 20.0 Å². The standard InChI is InChI=1S/C22H26N6O2/c1-14-6-8-28(26-12-17-5-4-7-24-11-17)22(30)18(14)10-21(29)25-13-19-15(2)9-20(23)27-16(19)3/h4-9,11,26H,10,12-13H2,1-3H3,(H2,23,27)(H,25,29). The number of carbonyl (C=O) groups is 1. The maximum atomic E-state index is 12.8. The molecule has 8 heteroatoms. The van der Waals surface area contributed by atoms with Crippen LogP contribution in [0.5, 0.6) is 0 Å². The minimum absolute atomic E-state index is 0.000571. The van der Waals surface area contributed by atoms with Crippen LogP contribution in [0.15, 0.2) is 47.7 Å². The second-order valence-electron chi connectivity index (χ2n) is 7.23. The molecular weight excluding hydrogens is 380 g/mol. The molecule has 1 amide bonds. The quantitative estimate of drug-likeness (QED) is 0.551. The Balaban J connectivity index is 1.68. The summed E-state index contributed by atoms with van der Waals surface area (Å²) < 4.78 is 1.40. The van der Waals surface area contributed by atoms with E-state index in [-0.39, 0.29) is 17.9 Å². The predicted octanol–water partition coefficient (Wildman–Crippen LogP) is 1.75.